The number of amides is 2. The Morgan fingerprint density at radius 2 is 2.05 bits per heavy atom. The predicted molar refractivity (Wildman–Crippen MR) is 74.0 cm³/mol. The first-order valence-corrected chi connectivity index (χ1v) is 5.87. The topological polar surface area (TPSA) is 96.2 Å². The molecule has 7 heteroatoms. The fourth-order valence-electron chi connectivity index (χ4n) is 1.77. The highest BCUT2D eigenvalue weighted by atomic mass is 16.4. The minimum Gasteiger partial charge on any atom is -0.478 e. The molecule has 0 unspecified atom stereocenters. The van der Waals surface area contributed by atoms with Crippen LogP contribution >= 0.6 is 0 Å². The number of hydrogen-bond donors (Lipinski definition) is 3. The number of carboxylic acid groups (broad SMARTS) is 1. The molecule has 1 aromatic carbocycles. The van der Waals surface area contributed by atoms with Crippen molar-refractivity contribution in [3.8, 4) is 0 Å². The summed E-state index contributed by atoms with van der Waals surface area (Å²) in [6.45, 7) is 1.73. The maximum Gasteiger partial charge on any atom is 0.337 e. The lowest BCUT2D eigenvalue weighted by atomic mass is 10.1. The zero-order valence-corrected chi connectivity index (χ0v) is 11.0. The third-order valence-corrected chi connectivity index (χ3v) is 2.70. The maximum absolute atomic E-state index is 11.9. The number of para-hydroxylation sites is 1. The van der Waals surface area contributed by atoms with Gasteiger partial charge < -0.3 is 15.7 Å². The number of carboxylic acids is 1. The van der Waals surface area contributed by atoms with Crippen LogP contribution in [0.4, 0.5) is 16.2 Å². The average Bonchev–Trinajstić information content (AvgIpc) is 2.77. The average molecular weight is 274 g/mol. The zero-order valence-electron chi connectivity index (χ0n) is 11.0. The van der Waals surface area contributed by atoms with Crippen molar-refractivity contribution in [2.45, 2.75) is 6.92 Å². The Hall–Kier alpha value is -2.83. The highest BCUT2D eigenvalue weighted by Gasteiger charge is 2.14. The van der Waals surface area contributed by atoms with E-state index in [-0.39, 0.29) is 11.3 Å². The van der Waals surface area contributed by atoms with Crippen molar-refractivity contribution in [3.63, 3.8) is 0 Å². The van der Waals surface area contributed by atoms with Crippen molar-refractivity contribution < 1.29 is 14.7 Å². The monoisotopic (exact) mass is 274 g/mol. The number of aryl methyl sites for hydroxylation is 2. The number of aromatic nitrogens is 2. The van der Waals surface area contributed by atoms with Gasteiger partial charge in [-0.1, -0.05) is 12.1 Å². The van der Waals surface area contributed by atoms with E-state index in [0.29, 0.717) is 11.3 Å². The van der Waals surface area contributed by atoms with Crippen molar-refractivity contribution >= 4 is 23.4 Å². The summed E-state index contributed by atoms with van der Waals surface area (Å²) < 4.78 is 1.55. The lowest BCUT2D eigenvalue weighted by Crippen LogP contribution is -2.21. The molecule has 0 fully saturated rings. The second-order valence-electron chi connectivity index (χ2n) is 4.28. The molecule has 0 aliphatic rings. The van der Waals surface area contributed by atoms with Crippen LogP contribution in [0.1, 0.15) is 15.9 Å². The van der Waals surface area contributed by atoms with Gasteiger partial charge in [0.25, 0.3) is 0 Å². The Bertz CT molecular complexity index is 663. The fraction of sp³-hybridized carbons (Fsp3) is 0.154. The van der Waals surface area contributed by atoms with Gasteiger partial charge in [-0.05, 0) is 18.6 Å². The van der Waals surface area contributed by atoms with E-state index in [1.807, 2.05) is 0 Å². The van der Waals surface area contributed by atoms with E-state index in [1.165, 1.54) is 12.3 Å². The number of aromatic carboxylic acids is 1. The van der Waals surface area contributed by atoms with E-state index in [9.17, 15) is 9.59 Å². The second kappa shape index (κ2) is 5.43. The van der Waals surface area contributed by atoms with Crippen LogP contribution in [0.25, 0.3) is 0 Å². The molecule has 0 bridgehead atoms. The first-order valence-electron chi connectivity index (χ1n) is 5.87. The Balaban J connectivity index is 2.17. The lowest BCUT2D eigenvalue weighted by molar-refractivity contribution is 0.0698. The summed E-state index contributed by atoms with van der Waals surface area (Å²) in [7, 11) is 1.73. The van der Waals surface area contributed by atoms with Gasteiger partial charge in [-0.25, -0.2) is 9.59 Å². The number of nitrogens with one attached hydrogen (secondary N) is 2. The first-order chi connectivity index (χ1) is 9.47. The number of carbonyl (C=O) groups excluding carboxylic acids is 1. The number of benzene rings is 1. The SMILES string of the molecule is Cc1cccc(C(=O)O)c1NC(=O)Nc1cnn(C)c1. The number of rotatable bonds is 3. The van der Waals surface area contributed by atoms with Gasteiger partial charge in [0.1, 0.15) is 0 Å². The molecule has 0 atom stereocenters. The smallest absolute Gasteiger partial charge is 0.337 e. The Labute approximate surface area is 115 Å². The first kappa shape index (κ1) is 13.6. The fourth-order valence-corrected chi connectivity index (χ4v) is 1.77. The van der Waals surface area contributed by atoms with Gasteiger partial charge in [0.2, 0.25) is 0 Å². The van der Waals surface area contributed by atoms with Gasteiger partial charge in [-0.3, -0.25) is 4.68 Å². The highest BCUT2D eigenvalue weighted by molar-refractivity contribution is 6.05. The molecule has 0 saturated heterocycles. The minimum atomic E-state index is -1.09. The molecule has 3 N–H and O–H groups in total. The van der Waals surface area contributed by atoms with E-state index in [4.69, 9.17) is 5.11 Å². The van der Waals surface area contributed by atoms with E-state index in [1.54, 1.807) is 37.0 Å². The van der Waals surface area contributed by atoms with Crippen LogP contribution in [-0.4, -0.2) is 26.9 Å². The molecule has 0 aliphatic heterocycles. The van der Waals surface area contributed by atoms with E-state index in [0.717, 1.165) is 0 Å². The van der Waals surface area contributed by atoms with Gasteiger partial charge in [-0.15, -0.1) is 0 Å². The summed E-state index contributed by atoms with van der Waals surface area (Å²) in [5.41, 5.74) is 1.52. The van der Waals surface area contributed by atoms with Crippen molar-refractivity contribution in [1.82, 2.24) is 9.78 Å². The van der Waals surface area contributed by atoms with Gasteiger partial charge in [-0.2, -0.15) is 5.10 Å². The van der Waals surface area contributed by atoms with Gasteiger partial charge >= 0.3 is 12.0 Å². The Morgan fingerprint density at radius 1 is 1.30 bits per heavy atom. The molecule has 1 heterocycles. The van der Waals surface area contributed by atoms with Gasteiger partial charge in [0.15, 0.2) is 0 Å². The van der Waals surface area contributed by atoms with Crippen molar-refractivity contribution in [3.05, 3.63) is 41.7 Å². The van der Waals surface area contributed by atoms with E-state index in [2.05, 4.69) is 15.7 Å². The third kappa shape index (κ3) is 2.94. The third-order valence-electron chi connectivity index (χ3n) is 2.70. The van der Waals surface area contributed by atoms with Crippen molar-refractivity contribution in [1.29, 1.82) is 0 Å². The number of hydrogen-bond acceptors (Lipinski definition) is 3. The Morgan fingerprint density at radius 3 is 2.65 bits per heavy atom. The summed E-state index contributed by atoms with van der Waals surface area (Å²) in [5, 5.41) is 18.2. The van der Waals surface area contributed by atoms with Crippen LogP contribution < -0.4 is 10.6 Å². The lowest BCUT2D eigenvalue weighted by Gasteiger charge is -2.11. The number of urea groups is 1. The molecule has 0 saturated carbocycles. The van der Waals surface area contributed by atoms with Crippen LogP contribution in [0, 0.1) is 6.92 Å². The van der Waals surface area contributed by atoms with Gasteiger partial charge in [0, 0.05) is 13.2 Å². The van der Waals surface area contributed by atoms with E-state index < -0.39 is 12.0 Å². The minimum absolute atomic E-state index is 0.0475. The molecule has 2 rings (SSSR count). The highest BCUT2D eigenvalue weighted by Crippen LogP contribution is 2.20. The van der Waals surface area contributed by atoms with Crippen LogP contribution in [-0.2, 0) is 7.05 Å². The molecule has 7 nitrogen and oxygen atoms in total. The molecule has 2 aromatic rings. The summed E-state index contributed by atoms with van der Waals surface area (Å²) in [6, 6.07) is 4.28. The number of nitrogens with zero attached hydrogens (tertiary/aromatic N) is 2. The molecule has 2 amide bonds. The summed E-state index contributed by atoms with van der Waals surface area (Å²) in [5.74, 6) is -1.09. The number of carbonyl (C=O) groups is 2. The maximum atomic E-state index is 11.9. The normalized spacial score (nSPS) is 10.1. The summed E-state index contributed by atoms with van der Waals surface area (Å²) >= 11 is 0. The van der Waals surface area contributed by atoms with E-state index >= 15 is 0 Å². The van der Waals surface area contributed by atoms with Crippen LogP contribution in [0.15, 0.2) is 30.6 Å². The van der Waals surface area contributed by atoms with Gasteiger partial charge in [0.05, 0.1) is 23.1 Å². The zero-order chi connectivity index (χ0) is 14.7. The van der Waals surface area contributed by atoms with Crippen molar-refractivity contribution in [2.24, 2.45) is 7.05 Å². The summed E-state index contributed by atoms with van der Waals surface area (Å²) in [4.78, 5) is 23.0. The molecule has 0 aliphatic carbocycles. The molecule has 1 aromatic heterocycles. The molecular formula is C13H14N4O3. The van der Waals surface area contributed by atoms with Crippen molar-refractivity contribution in [2.75, 3.05) is 10.6 Å². The largest absolute Gasteiger partial charge is 0.478 e. The standard InChI is InChI=1S/C13H14N4O3/c1-8-4-3-5-10(12(18)19)11(8)16-13(20)15-9-6-14-17(2)7-9/h3-7H,1-2H3,(H,18,19)(H2,15,16,20). The quantitative estimate of drug-likeness (QED) is 0.798. The Kier molecular flexibility index (Phi) is 3.69. The van der Waals surface area contributed by atoms with Crippen LogP contribution in [0.3, 0.4) is 0 Å². The number of anilines is 2. The molecule has 0 radical (unpaired) electrons. The molecule has 104 valence electrons. The predicted octanol–water partition coefficient (Wildman–Crippen LogP) is 2.07. The van der Waals surface area contributed by atoms with Crippen LogP contribution in [0.5, 0.6) is 0 Å². The molecule has 0 spiro atoms. The molecule has 20 heavy (non-hydrogen) atoms. The summed E-state index contributed by atoms with van der Waals surface area (Å²) in [6.07, 6.45) is 3.13. The van der Waals surface area contributed by atoms with Crippen LogP contribution in [0.2, 0.25) is 0 Å². The molecular weight excluding hydrogens is 260 g/mol. The second-order valence-corrected chi connectivity index (χ2v) is 4.28.